The van der Waals surface area contributed by atoms with Crippen LogP contribution in [0.3, 0.4) is 0 Å². The quantitative estimate of drug-likeness (QED) is 0.239. The molecule has 4 fully saturated rings. The molecule has 1 aromatic rings. The number of amides is 1. The van der Waals surface area contributed by atoms with E-state index in [1.165, 1.54) is 11.3 Å². The van der Waals surface area contributed by atoms with Gasteiger partial charge < -0.3 is 34.5 Å². The highest BCUT2D eigenvalue weighted by Crippen LogP contribution is 2.55. The highest BCUT2D eigenvalue weighted by Gasteiger charge is 2.74. The number of carbonyl (C=O) groups excluding carboxylic acids is 2. The van der Waals surface area contributed by atoms with Gasteiger partial charge in [0.05, 0.1) is 26.0 Å². The van der Waals surface area contributed by atoms with Crippen molar-refractivity contribution in [3.8, 4) is 0 Å². The molecule has 1 amide bonds. The van der Waals surface area contributed by atoms with Crippen molar-refractivity contribution in [2.75, 3.05) is 33.2 Å². The monoisotopic (exact) mass is 476 g/mol. The van der Waals surface area contributed by atoms with E-state index in [-0.39, 0.29) is 52.0 Å². The van der Waals surface area contributed by atoms with Crippen molar-refractivity contribution in [3.05, 3.63) is 41.7 Å². The summed E-state index contributed by atoms with van der Waals surface area (Å²) in [4.78, 5) is 32.8. The number of aliphatic hydroxyl groups excluding tert-OH is 2. The molecule has 0 aromatic heterocycles. The average Bonchev–Trinajstić information content (AvgIpc) is 3.46. The number of nitrogens with zero attached hydrogens (tertiary/aromatic N) is 1. The number of carbonyl (C=O) groups is 2. The van der Waals surface area contributed by atoms with Gasteiger partial charge in [-0.2, -0.15) is 5.06 Å². The first-order chi connectivity index (χ1) is 16.6. The molecule has 3 heterocycles. The first-order valence-electron chi connectivity index (χ1n) is 11.3. The summed E-state index contributed by atoms with van der Waals surface area (Å²) in [7, 11) is 0. The van der Waals surface area contributed by atoms with Gasteiger partial charge in [0.25, 0.3) is 0 Å². The maximum atomic E-state index is 13.4. The molecule has 1 saturated carbocycles. The molecule has 4 aliphatic rings. The Hall–Kier alpha value is -2.54. The molecule has 3 aliphatic heterocycles. The van der Waals surface area contributed by atoms with Crippen molar-refractivity contribution in [2.24, 2.45) is 5.41 Å². The molecule has 34 heavy (non-hydrogen) atoms. The van der Waals surface area contributed by atoms with Gasteiger partial charge in [0.1, 0.15) is 43.2 Å². The summed E-state index contributed by atoms with van der Waals surface area (Å²) < 4.78 is 22.3. The number of esters is 1. The van der Waals surface area contributed by atoms with E-state index in [1.807, 2.05) is 24.3 Å². The second kappa shape index (κ2) is 9.61. The van der Waals surface area contributed by atoms with Crippen LogP contribution >= 0.6 is 0 Å². The predicted molar refractivity (Wildman–Crippen MR) is 114 cm³/mol. The molecule has 3 saturated heterocycles. The van der Waals surface area contributed by atoms with Gasteiger partial charge in [-0.25, -0.2) is 0 Å². The molecule has 1 aromatic carbocycles. The Labute approximate surface area is 196 Å². The topological polar surface area (TPSA) is 136 Å². The Morgan fingerprint density at radius 1 is 1.21 bits per heavy atom. The van der Waals surface area contributed by atoms with Gasteiger partial charge in [-0.3, -0.25) is 14.4 Å². The number of nitrogens with one attached hydrogen (secondary N) is 1. The first-order valence-corrected chi connectivity index (χ1v) is 11.3. The number of ether oxygens (including phenoxy) is 4. The Balaban J connectivity index is 1.39. The summed E-state index contributed by atoms with van der Waals surface area (Å²) in [5, 5.41) is 22.2. The molecule has 5 rings (SSSR count). The number of hydrogen-bond donors (Lipinski definition) is 3. The largest absolute Gasteiger partial charge is 0.499 e. The van der Waals surface area contributed by atoms with Gasteiger partial charge in [-0.05, 0) is 17.2 Å². The van der Waals surface area contributed by atoms with Gasteiger partial charge in [0.2, 0.25) is 5.91 Å². The van der Waals surface area contributed by atoms with Crippen LogP contribution < -0.4 is 5.32 Å². The second-order valence-corrected chi connectivity index (χ2v) is 8.72. The molecule has 3 N–H and O–H groups in total. The second-order valence-electron chi connectivity index (χ2n) is 8.72. The Morgan fingerprint density at radius 3 is 2.76 bits per heavy atom. The number of hydrogen-bond acceptors (Lipinski definition) is 10. The fraction of sp³-hybridized carbons (Fsp3) is 0.565. The van der Waals surface area contributed by atoms with Gasteiger partial charge in [-0.1, -0.05) is 24.3 Å². The predicted octanol–water partition coefficient (Wildman–Crippen LogP) is -0.684. The molecule has 2 bridgehead atoms. The minimum Gasteiger partial charge on any atom is -0.499 e. The van der Waals surface area contributed by atoms with E-state index in [2.05, 4.69) is 5.32 Å². The van der Waals surface area contributed by atoms with Crippen molar-refractivity contribution in [2.45, 2.75) is 43.4 Å². The molecule has 0 spiro atoms. The maximum Gasteiger partial charge on any atom is 0.327 e. The fourth-order valence-electron chi connectivity index (χ4n) is 5.33. The zero-order valence-electron chi connectivity index (χ0n) is 18.5. The molecule has 11 heteroatoms. The van der Waals surface area contributed by atoms with Crippen LogP contribution in [-0.4, -0.2) is 90.8 Å². The standard InChI is InChI=1S/C23H28N2O9/c26-7-6-24-22(29)23-11-16-17-18(32-13-31-17)20(23)34-25(19(23)21(28)33-16)12-15-3-1-14(2-4-15)5-9-30-10-8-27/h1-5,9,16-20,26-27H,6-8,10-13H2,(H,24,29). The van der Waals surface area contributed by atoms with E-state index in [0.717, 1.165) is 11.1 Å². The normalized spacial score (nSPS) is 34.2. The first kappa shape index (κ1) is 23.2. The van der Waals surface area contributed by atoms with Crippen molar-refractivity contribution in [3.63, 3.8) is 0 Å². The third-order valence-corrected chi connectivity index (χ3v) is 6.78. The highest BCUT2D eigenvalue weighted by molar-refractivity contribution is 5.93. The molecule has 184 valence electrons. The molecule has 1 aliphatic carbocycles. The number of aliphatic hydroxyl groups is 2. The van der Waals surface area contributed by atoms with E-state index in [9.17, 15) is 14.7 Å². The zero-order chi connectivity index (χ0) is 23.7. The van der Waals surface area contributed by atoms with Gasteiger partial charge >= 0.3 is 5.97 Å². The number of hydroxylamine groups is 2. The average molecular weight is 476 g/mol. The maximum absolute atomic E-state index is 13.4. The lowest BCUT2D eigenvalue weighted by atomic mass is 9.62. The van der Waals surface area contributed by atoms with E-state index in [4.69, 9.17) is 28.9 Å². The number of rotatable bonds is 9. The molecule has 0 radical (unpaired) electrons. The van der Waals surface area contributed by atoms with E-state index in [0.29, 0.717) is 0 Å². The van der Waals surface area contributed by atoms with Gasteiger partial charge in [0.15, 0.2) is 6.04 Å². The van der Waals surface area contributed by atoms with Gasteiger partial charge in [-0.15, -0.1) is 0 Å². The SMILES string of the molecule is O=C1OC2CC3(C(=O)NCCO)C(ON(Cc4ccc(C=COCCO)cc4)C13)C1OCOC21. The van der Waals surface area contributed by atoms with Gasteiger partial charge in [0, 0.05) is 13.0 Å². The van der Waals surface area contributed by atoms with E-state index >= 15 is 0 Å². The highest BCUT2D eigenvalue weighted by atomic mass is 16.8. The van der Waals surface area contributed by atoms with Crippen molar-refractivity contribution >= 4 is 18.0 Å². The van der Waals surface area contributed by atoms with Crippen LogP contribution in [0.1, 0.15) is 17.5 Å². The summed E-state index contributed by atoms with van der Waals surface area (Å²) in [5.41, 5.74) is 0.557. The lowest BCUT2D eigenvalue weighted by Crippen LogP contribution is -2.69. The molecule has 6 atom stereocenters. The van der Waals surface area contributed by atoms with Crippen molar-refractivity contribution in [1.29, 1.82) is 0 Å². The van der Waals surface area contributed by atoms with Crippen LogP contribution in [0.2, 0.25) is 0 Å². The van der Waals surface area contributed by atoms with E-state index < -0.39 is 41.8 Å². The molecule has 11 nitrogen and oxygen atoms in total. The summed E-state index contributed by atoms with van der Waals surface area (Å²) in [5.74, 6) is -0.898. The van der Waals surface area contributed by atoms with Crippen molar-refractivity contribution in [1.82, 2.24) is 10.4 Å². The van der Waals surface area contributed by atoms with Crippen LogP contribution in [0.5, 0.6) is 0 Å². The van der Waals surface area contributed by atoms with Crippen LogP contribution in [0.25, 0.3) is 6.08 Å². The summed E-state index contributed by atoms with van der Waals surface area (Å²) in [6.45, 7) is 0.321. The minimum atomic E-state index is -1.21. The third-order valence-electron chi connectivity index (χ3n) is 6.78. The van der Waals surface area contributed by atoms with Crippen LogP contribution in [0.15, 0.2) is 30.5 Å². The van der Waals surface area contributed by atoms with Crippen LogP contribution in [-0.2, 0) is 39.9 Å². The Kier molecular flexibility index (Phi) is 6.56. The summed E-state index contributed by atoms with van der Waals surface area (Å²) >= 11 is 0. The smallest absolute Gasteiger partial charge is 0.327 e. The van der Waals surface area contributed by atoms with Crippen LogP contribution in [0, 0.1) is 5.41 Å². The number of fused-ring (bicyclic) bond motifs is 4. The fourth-order valence-corrected chi connectivity index (χ4v) is 5.33. The Bertz CT molecular complexity index is 939. The minimum absolute atomic E-state index is 0.0409. The molecule has 6 unspecified atom stereocenters. The third kappa shape index (κ3) is 3.88. The summed E-state index contributed by atoms with van der Waals surface area (Å²) in [6, 6.07) is 6.61. The summed E-state index contributed by atoms with van der Waals surface area (Å²) in [6.07, 6.45) is 1.18. The molecular weight excluding hydrogens is 448 g/mol. The lowest BCUT2D eigenvalue weighted by Gasteiger charge is -2.48. The molecular formula is C23H28N2O9. The number of benzene rings is 1. The zero-order valence-corrected chi connectivity index (χ0v) is 18.5. The lowest BCUT2D eigenvalue weighted by molar-refractivity contribution is -0.201. The van der Waals surface area contributed by atoms with Crippen molar-refractivity contribution < 1.29 is 43.6 Å². The van der Waals surface area contributed by atoms with Crippen LogP contribution in [0.4, 0.5) is 0 Å². The van der Waals surface area contributed by atoms with E-state index in [1.54, 1.807) is 6.08 Å². The Morgan fingerprint density at radius 2 is 2.00 bits per heavy atom.